The molecule has 0 amide bonds. The molecule has 4 rings (SSSR count). The summed E-state index contributed by atoms with van der Waals surface area (Å²) in [5, 5.41) is 0.391. The van der Waals surface area contributed by atoms with Gasteiger partial charge >= 0.3 is 0 Å². The van der Waals surface area contributed by atoms with Crippen molar-refractivity contribution in [2.24, 2.45) is 0 Å². The molecule has 1 aromatic heterocycles. The van der Waals surface area contributed by atoms with Gasteiger partial charge in [-0.3, -0.25) is 14.3 Å². The van der Waals surface area contributed by atoms with E-state index in [1.807, 2.05) is 31.2 Å². The number of hydrogen-bond acceptors (Lipinski definition) is 5. The van der Waals surface area contributed by atoms with E-state index in [1.165, 1.54) is 18.2 Å². The van der Waals surface area contributed by atoms with Gasteiger partial charge in [-0.2, -0.15) is 0 Å². The maximum absolute atomic E-state index is 13.9. The number of ether oxygens (including phenoxy) is 1. The van der Waals surface area contributed by atoms with Crippen LogP contribution < -0.4 is 10.3 Å². The first-order chi connectivity index (χ1) is 14.6. The Morgan fingerprint density at radius 3 is 2.77 bits per heavy atom. The monoisotopic (exact) mass is 410 g/mol. The minimum Gasteiger partial charge on any atom is -0.492 e. The number of nitrogens with zero attached hydrogens (tertiary/aromatic N) is 4. The SMILES string of the molecule is CCOc1ccccc1-n1c(CN2CCCN(C)CC2)nc2cc(F)ccc2c1=O. The van der Waals surface area contributed by atoms with E-state index in [2.05, 4.69) is 16.8 Å². The average molecular weight is 410 g/mol. The van der Waals surface area contributed by atoms with Crippen LogP contribution in [-0.2, 0) is 6.54 Å². The minimum absolute atomic E-state index is 0.214. The van der Waals surface area contributed by atoms with E-state index < -0.39 is 5.82 Å². The molecular formula is C23H27FN4O2. The van der Waals surface area contributed by atoms with Crippen LogP contribution in [-0.4, -0.2) is 59.2 Å². The molecule has 0 spiro atoms. The van der Waals surface area contributed by atoms with Crippen molar-refractivity contribution in [3.8, 4) is 11.4 Å². The highest BCUT2D eigenvalue weighted by atomic mass is 19.1. The molecule has 0 N–H and O–H groups in total. The summed E-state index contributed by atoms with van der Waals surface area (Å²) < 4.78 is 21.3. The smallest absolute Gasteiger partial charge is 0.266 e. The molecule has 2 heterocycles. The summed E-state index contributed by atoms with van der Waals surface area (Å²) in [5.41, 5.74) is 0.825. The van der Waals surface area contributed by atoms with Crippen molar-refractivity contribution in [2.45, 2.75) is 19.9 Å². The fraction of sp³-hybridized carbons (Fsp3) is 0.391. The molecule has 1 saturated heterocycles. The van der Waals surface area contributed by atoms with Gasteiger partial charge in [-0.1, -0.05) is 12.1 Å². The van der Waals surface area contributed by atoms with Gasteiger partial charge in [0.1, 0.15) is 17.4 Å². The van der Waals surface area contributed by atoms with Gasteiger partial charge < -0.3 is 9.64 Å². The third-order valence-electron chi connectivity index (χ3n) is 5.48. The Morgan fingerprint density at radius 2 is 1.93 bits per heavy atom. The normalized spacial score (nSPS) is 16.0. The summed E-state index contributed by atoms with van der Waals surface area (Å²) in [6.07, 6.45) is 1.05. The Morgan fingerprint density at radius 1 is 1.10 bits per heavy atom. The number of hydrogen-bond donors (Lipinski definition) is 0. The summed E-state index contributed by atoms with van der Waals surface area (Å²) in [4.78, 5) is 22.8. The zero-order valence-electron chi connectivity index (χ0n) is 17.5. The quantitative estimate of drug-likeness (QED) is 0.647. The molecule has 0 bridgehead atoms. The summed E-state index contributed by atoms with van der Waals surface area (Å²) in [6.45, 7) is 6.74. The molecule has 0 unspecified atom stereocenters. The maximum Gasteiger partial charge on any atom is 0.266 e. The number of benzene rings is 2. The zero-order valence-corrected chi connectivity index (χ0v) is 17.5. The van der Waals surface area contributed by atoms with E-state index in [4.69, 9.17) is 9.72 Å². The lowest BCUT2D eigenvalue weighted by molar-refractivity contribution is 0.261. The van der Waals surface area contributed by atoms with Crippen molar-refractivity contribution < 1.29 is 9.13 Å². The van der Waals surface area contributed by atoms with Gasteiger partial charge in [0, 0.05) is 19.2 Å². The van der Waals surface area contributed by atoms with Gasteiger partial charge in [0.05, 0.1) is 29.7 Å². The number of halogens is 1. The molecule has 1 aliphatic heterocycles. The van der Waals surface area contributed by atoms with Crippen LogP contribution in [0.25, 0.3) is 16.6 Å². The summed E-state index contributed by atoms with van der Waals surface area (Å²) in [6, 6.07) is 11.6. The Hall–Kier alpha value is -2.77. The van der Waals surface area contributed by atoms with Gasteiger partial charge in [0.15, 0.2) is 0 Å². The van der Waals surface area contributed by atoms with Crippen LogP contribution in [0.15, 0.2) is 47.3 Å². The van der Waals surface area contributed by atoms with Crippen LogP contribution in [0, 0.1) is 5.82 Å². The highest BCUT2D eigenvalue weighted by Crippen LogP contribution is 2.24. The van der Waals surface area contributed by atoms with Crippen LogP contribution in [0.3, 0.4) is 0 Å². The molecule has 30 heavy (non-hydrogen) atoms. The number of fused-ring (bicyclic) bond motifs is 1. The van der Waals surface area contributed by atoms with Gasteiger partial charge in [0.25, 0.3) is 5.56 Å². The van der Waals surface area contributed by atoms with Crippen LogP contribution in [0.4, 0.5) is 4.39 Å². The summed E-state index contributed by atoms with van der Waals surface area (Å²) >= 11 is 0. The van der Waals surface area contributed by atoms with E-state index >= 15 is 0 Å². The second-order valence-corrected chi connectivity index (χ2v) is 7.66. The highest BCUT2D eigenvalue weighted by Gasteiger charge is 2.20. The molecule has 7 heteroatoms. The Labute approximate surface area is 175 Å². The second-order valence-electron chi connectivity index (χ2n) is 7.66. The summed E-state index contributed by atoms with van der Waals surface area (Å²) in [7, 11) is 2.12. The van der Waals surface area contributed by atoms with E-state index in [9.17, 15) is 9.18 Å². The number of aromatic nitrogens is 2. The molecule has 6 nitrogen and oxygen atoms in total. The lowest BCUT2D eigenvalue weighted by Crippen LogP contribution is -2.33. The molecule has 0 radical (unpaired) electrons. The predicted molar refractivity (Wildman–Crippen MR) is 116 cm³/mol. The van der Waals surface area contributed by atoms with Gasteiger partial charge in [-0.25, -0.2) is 9.37 Å². The van der Waals surface area contributed by atoms with Crippen molar-refractivity contribution in [2.75, 3.05) is 39.8 Å². The van der Waals surface area contributed by atoms with E-state index in [0.717, 1.165) is 32.6 Å². The second kappa shape index (κ2) is 8.93. The third kappa shape index (κ3) is 4.22. The topological polar surface area (TPSA) is 50.6 Å². The average Bonchev–Trinajstić information content (AvgIpc) is 2.93. The molecule has 0 saturated carbocycles. The molecule has 158 valence electrons. The number of rotatable bonds is 5. The van der Waals surface area contributed by atoms with Crippen molar-refractivity contribution in [3.63, 3.8) is 0 Å². The molecule has 2 aromatic carbocycles. The van der Waals surface area contributed by atoms with Gasteiger partial charge in [-0.05, 0) is 57.7 Å². The Kier molecular flexibility index (Phi) is 6.11. The zero-order chi connectivity index (χ0) is 21.1. The highest BCUT2D eigenvalue weighted by molar-refractivity contribution is 5.78. The first kappa shape index (κ1) is 20.5. The minimum atomic E-state index is -0.399. The van der Waals surface area contributed by atoms with Crippen LogP contribution >= 0.6 is 0 Å². The molecule has 0 aliphatic carbocycles. The fourth-order valence-corrected chi connectivity index (χ4v) is 3.94. The summed E-state index contributed by atoms with van der Waals surface area (Å²) in [5.74, 6) is 0.821. The van der Waals surface area contributed by atoms with Gasteiger partial charge in [-0.15, -0.1) is 0 Å². The lowest BCUT2D eigenvalue weighted by atomic mass is 10.2. The molecule has 1 fully saturated rings. The van der Waals surface area contributed by atoms with E-state index in [0.29, 0.717) is 41.3 Å². The van der Waals surface area contributed by atoms with E-state index in [-0.39, 0.29) is 5.56 Å². The largest absolute Gasteiger partial charge is 0.492 e. The van der Waals surface area contributed by atoms with Crippen LogP contribution in [0.2, 0.25) is 0 Å². The van der Waals surface area contributed by atoms with E-state index in [1.54, 1.807) is 4.57 Å². The van der Waals surface area contributed by atoms with Crippen molar-refractivity contribution >= 4 is 10.9 Å². The standard InChI is InChI=1S/C23H27FN4O2/c1-3-30-21-8-5-4-7-20(21)28-22(16-27-12-6-11-26(2)13-14-27)25-19-15-17(24)9-10-18(19)23(28)29/h4-5,7-10,15H,3,6,11-14,16H2,1-2H3. The van der Waals surface area contributed by atoms with Crippen molar-refractivity contribution in [3.05, 3.63) is 64.5 Å². The fourth-order valence-electron chi connectivity index (χ4n) is 3.94. The molecule has 0 atom stereocenters. The van der Waals surface area contributed by atoms with Crippen LogP contribution in [0.1, 0.15) is 19.2 Å². The van der Waals surface area contributed by atoms with Crippen LogP contribution in [0.5, 0.6) is 5.75 Å². The first-order valence-electron chi connectivity index (χ1n) is 10.4. The maximum atomic E-state index is 13.9. The number of para-hydroxylation sites is 2. The first-order valence-corrected chi connectivity index (χ1v) is 10.4. The Bertz CT molecular complexity index is 1100. The molecular weight excluding hydrogens is 383 g/mol. The lowest BCUT2D eigenvalue weighted by Gasteiger charge is -2.23. The van der Waals surface area contributed by atoms with Gasteiger partial charge in [0.2, 0.25) is 0 Å². The molecule has 3 aromatic rings. The molecule has 1 aliphatic rings. The van der Waals surface area contributed by atoms with Crippen molar-refractivity contribution in [1.82, 2.24) is 19.4 Å². The van der Waals surface area contributed by atoms with Crippen molar-refractivity contribution in [1.29, 1.82) is 0 Å². The Balaban J connectivity index is 1.87. The number of likely N-dealkylation sites (N-methyl/N-ethyl adjacent to an activating group) is 1. The third-order valence-corrected chi connectivity index (χ3v) is 5.48. The predicted octanol–water partition coefficient (Wildman–Crippen LogP) is 3.06.